The molecule has 3 heterocycles. The van der Waals surface area contributed by atoms with Gasteiger partial charge in [0.05, 0.1) is 12.0 Å². The molecule has 2 aliphatic rings. The van der Waals surface area contributed by atoms with Crippen molar-refractivity contribution in [3.05, 3.63) is 74.6 Å². The van der Waals surface area contributed by atoms with Crippen LogP contribution in [0.5, 0.6) is 5.75 Å². The molecule has 0 atom stereocenters. The van der Waals surface area contributed by atoms with Crippen LogP contribution in [0.25, 0.3) is 11.0 Å². The van der Waals surface area contributed by atoms with Crippen LogP contribution < -0.4 is 10.4 Å². The fraction of sp³-hybridized carbons (Fsp3) is 0.385. The average molecular weight is 418 g/mol. The number of nitrogens with zero attached hydrogens (tertiary/aromatic N) is 1. The van der Waals surface area contributed by atoms with Crippen LogP contribution >= 0.6 is 0 Å². The smallest absolute Gasteiger partial charge is 0.340 e. The maximum Gasteiger partial charge on any atom is 0.340 e. The Morgan fingerprint density at radius 1 is 1.10 bits per heavy atom. The number of ether oxygens (including phenoxy) is 1. The molecule has 0 fully saturated rings. The summed E-state index contributed by atoms with van der Waals surface area (Å²) in [6.07, 6.45) is 2.75. The number of benzene rings is 2. The number of hydrogen-bond acceptors (Lipinski definition) is 4. The monoisotopic (exact) mass is 417 g/mol. The molecule has 2 aliphatic heterocycles. The van der Waals surface area contributed by atoms with Gasteiger partial charge in [0.1, 0.15) is 16.9 Å². The van der Waals surface area contributed by atoms with Crippen LogP contribution in [0.15, 0.2) is 45.6 Å². The molecule has 31 heavy (non-hydrogen) atoms. The van der Waals surface area contributed by atoms with Crippen molar-refractivity contribution in [1.29, 1.82) is 0 Å². The van der Waals surface area contributed by atoms with E-state index in [1.165, 1.54) is 11.1 Å². The molecule has 5 rings (SSSR count). The Bertz CT molecular complexity index is 1250. The van der Waals surface area contributed by atoms with Crippen molar-refractivity contribution in [2.75, 3.05) is 6.54 Å². The third-order valence-electron chi connectivity index (χ3n) is 6.66. The van der Waals surface area contributed by atoms with Gasteiger partial charge in [-0.3, -0.25) is 4.79 Å². The van der Waals surface area contributed by atoms with Crippen molar-refractivity contribution in [1.82, 2.24) is 4.90 Å². The summed E-state index contributed by atoms with van der Waals surface area (Å²) in [5.41, 5.74) is 4.72. The Balaban J connectivity index is 1.45. The highest BCUT2D eigenvalue weighted by Gasteiger charge is 2.28. The van der Waals surface area contributed by atoms with Gasteiger partial charge in [0, 0.05) is 24.5 Å². The summed E-state index contributed by atoms with van der Waals surface area (Å²) in [6.45, 7) is 7.31. The molecule has 0 unspecified atom stereocenters. The number of carbonyl (C=O) groups excluding carboxylic acids is 1. The molecule has 160 valence electrons. The first-order valence-electron chi connectivity index (χ1n) is 10.9. The van der Waals surface area contributed by atoms with Crippen LogP contribution in [-0.2, 0) is 30.6 Å². The maximum atomic E-state index is 13.0. The zero-order valence-electron chi connectivity index (χ0n) is 18.3. The van der Waals surface area contributed by atoms with E-state index in [1.54, 1.807) is 0 Å². The van der Waals surface area contributed by atoms with Gasteiger partial charge in [-0.05, 0) is 68.4 Å². The van der Waals surface area contributed by atoms with Gasteiger partial charge in [-0.1, -0.05) is 24.3 Å². The van der Waals surface area contributed by atoms with E-state index in [-0.39, 0.29) is 17.9 Å². The Hall–Kier alpha value is -3.08. The van der Waals surface area contributed by atoms with Gasteiger partial charge < -0.3 is 14.1 Å². The summed E-state index contributed by atoms with van der Waals surface area (Å²) in [4.78, 5) is 27.7. The van der Waals surface area contributed by atoms with Crippen LogP contribution in [0, 0.1) is 6.92 Å². The summed E-state index contributed by atoms with van der Waals surface area (Å²) < 4.78 is 11.7. The van der Waals surface area contributed by atoms with E-state index in [0.717, 1.165) is 41.5 Å². The predicted octanol–water partition coefficient (Wildman–Crippen LogP) is 4.33. The molecule has 0 N–H and O–H groups in total. The quantitative estimate of drug-likeness (QED) is 0.582. The lowest BCUT2D eigenvalue weighted by Crippen LogP contribution is -2.37. The summed E-state index contributed by atoms with van der Waals surface area (Å²) in [5, 5.41) is 0.883. The van der Waals surface area contributed by atoms with Crippen molar-refractivity contribution < 1.29 is 13.9 Å². The summed E-state index contributed by atoms with van der Waals surface area (Å²) in [5.74, 6) is 0.745. The molecule has 0 bridgehead atoms. The lowest BCUT2D eigenvalue weighted by molar-refractivity contribution is -0.131. The number of amides is 1. The van der Waals surface area contributed by atoms with E-state index in [9.17, 15) is 9.59 Å². The van der Waals surface area contributed by atoms with E-state index in [1.807, 2.05) is 30.0 Å². The molecule has 2 aromatic carbocycles. The lowest BCUT2D eigenvalue weighted by Gasteiger charge is -2.32. The van der Waals surface area contributed by atoms with E-state index in [0.29, 0.717) is 24.2 Å². The summed E-state index contributed by atoms with van der Waals surface area (Å²) in [7, 11) is 0. The molecule has 0 aliphatic carbocycles. The minimum atomic E-state index is -0.439. The fourth-order valence-corrected chi connectivity index (χ4v) is 4.71. The number of aryl methyl sites for hydroxylation is 2. The molecule has 0 spiro atoms. The highest BCUT2D eigenvalue weighted by atomic mass is 16.5. The van der Waals surface area contributed by atoms with Gasteiger partial charge in [0.15, 0.2) is 0 Å². The molecule has 0 radical (unpaired) electrons. The summed E-state index contributed by atoms with van der Waals surface area (Å²) >= 11 is 0. The van der Waals surface area contributed by atoms with Crippen molar-refractivity contribution in [2.24, 2.45) is 0 Å². The van der Waals surface area contributed by atoms with Crippen LogP contribution in [0.2, 0.25) is 0 Å². The maximum absolute atomic E-state index is 13.0. The second-order valence-corrected chi connectivity index (χ2v) is 9.32. The SMILES string of the molecule is Cc1c(CC(=O)N2CCc3ccccc3C2)c(=O)oc2cc3c(cc12)CCC(C)(C)O3. The van der Waals surface area contributed by atoms with Gasteiger partial charge >= 0.3 is 5.63 Å². The van der Waals surface area contributed by atoms with Gasteiger partial charge in [-0.25, -0.2) is 4.79 Å². The first kappa shape index (κ1) is 19.9. The second-order valence-electron chi connectivity index (χ2n) is 9.32. The van der Waals surface area contributed by atoms with Crippen molar-refractivity contribution in [3.8, 4) is 5.75 Å². The van der Waals surface area contributed by atoms with Gasteiger partial charge in [-0.2, -0.15) is 0 Å². The normalized spacial score (nSPS) is 17.1. The minimum absolute atomic E-state index is 0.0349. The molecule has 1 amide bonds. The fourth-order valence-electron chi connectivity index (χ4n) is 4.71. The van der Waals surface area contributed by atoms with Crippen LogP contribution in [0.3, 0.4) is 0 Å². The van der Waals surface area contributed by atoms with E-state index in [2.05, 4.69) is 32.0 Å². The van der Waals surface area contributed by atoms with Crippen molar-refractivity contribution in [3.63, 3.8) is 0 Å². The first-order chi connectivity index (χ1) is 14.8. The number of carbonyl (C=O) groups is 1. The Morgan fingerprint density at radius 2 is 1.87 bits per heavy atom. The molecule has 1 aromatic heterocycles. The van der Waals surface area contributed by atoms with E-state index in [4.69, 9.17) is 9.15 Å². The van der Waals surface area contributed by atoms with Gasteiger partial charge in [0.2, 0.25) is 5.91 Å². The molecular weight excluding hydrogens is 390 g/mol. The zero-order valence-corrected chi connectivity index (χ0v) is 18.3. The molecule has 0 saturated carbocycles. The minimum Gasteiger partial charge on any atom is -0.487 e. The number of fused-ring (bicyclic) bond motifs is 3. The lowest BCUT2D eigenvalue weighted by atomic mass is 9.92. The first-order valence-corrected chi connectivity index (χ1v) is 10.9. The topological polar surface area (TPSA) is 59.8 Å². The molecule has 3 aromatic rings. The number of rotatable bonds is 2. The third-order valence-corrected chi connectivity index (χ3v) is 6.66. The second kappa shape index (κ2) is 7.26. The molecular formula is C26H27NO4. The van der Waals surface area contributed by atoms with Crippen LogP contribution in [0.1, 0.15) is 48.1 Å². The van der Waals surface area contributed by atoms with Gasteiger partial charge in [0.25, 0.3) is 0 Å². The highest BCUT2D eigenvalue weighted by molar-refractivity contribution is 5.86. The zero-order chi connectivity index (χ0) is 21.8. The Kier molecular flexibility index (Phi) is 4.65. The average Bonchev–Trinajstić information content (AvgIpc) is 2.74. The molecule has 0 saturated heterocycles. The predicted molar refractivity (Wildman–Crippen MR) is 120 cm³/mol. The summed E-state index contributed by atoms with van der Waals surface area (Å²) in [6, 6.07) is 12.1. The van der Waals surface area contributed by atoms with Crippen LogP contribution in [-0.4, -0.2) is 23.0 Å². The van der Waals surface area contributed by atoms with E-state index >= 15 is 0 Å². The Morgan fingerprint density at radius 3 is 2.68 bits per heavy atom. The van der Waals surface area contributed by atoms with E-state index < -0.39 is 5.63 Å². The highest BCUT2D eigenvalue weighted by Crippen LogP contribution is 2.36. The van der Waals surface area contributed by atoms with Gasteiger partial charge in [-0.15, -0.1) is 0 Å². The van der Waals surface area contributed by atoms with Crippen molar-refractivity contribution in [2.45, 2.75) is 58.6 Å². The van der Waals surface area contributed by atoms with Crippen LogP contribution in [0.4, 0.5) is 0 Å². The Labute approximate surface area is 181 Å². The molecule has 5 nitrogen and oxygen atoms in total. The largest absolute Gasteiger partial charge is 0.487 e. The number of hydrogen-bond donors (Lipinski definition) is 0. The standard InChI is InChI=1S/C26H27NO4/c1-16-20-12-18-8-10-26(2,3)31-22(18)14-23(20)30-25(29)21(16)13-24(28)27-11-9-17-6-4-5-7-19(17)15-27/h4-7,12,14H,8-11,13,15H2,1-3H3. The third kappa shape index (κ3) is 3.62. The van der Waals surface area contributed by atoms with Crippen molar-refractivity contribution >= 4 is 16.9 Å². The molecule has 5 heteroatoms.